The molecule has 0 fully saturated rings. The van der Waals surface area contributed by atoms with Crippen LogP contribution in [-0.2, 0) is 0 Å². The van der Waals surface area contributed by atoms with E-state index in [2.05, 4.69) is 49.4 Å². The summed E-state index contributed by atoms with van der Waals surface area (Å²) in [6.07, 6.45) is 3.16. The summed E-state index contributed by atoms with van der Waals surface area (Å²) in [4.78, 5) is 7.37. The molecule has 0 N–H and O–H groups in total. The lowest BCUT2D eigenvalue weighted by atomic mass is 10.1. The molecule has 1 aliphatic rings. The molecule has 0 saturated carbocycles. The smallest absolute Gasteiger partial charge is 0.0670 e. The lowest BCUT2D eigenvalue weighted by Gasteiger charge is -1.97. The van der Waals surface area contributed by atoms with Crippen LogP contribution in [0.2, 0.25) is 0 Å². The molecule has 84 valence electrons. The third-order valence-electron chi connectivity index (χ3n) is 2.84. The molecular formula is C15H13NS. The Morgan fingerprint density at radius 3 is 2.59 bits per heavy atom. The fourth-order valence-corrected chi connectivity index (χ4v) is 2.83. The van der Waals surface area contributed by atoms with E-state index in [-0.39, 0.29) is 0 Å². The first-order valence-corrected chi connectivity index (χ1v) is 6.54. The van der Waals surface area contributed by atoms with E-state index in [1.54, 1.807) is 0 Å². The van der Waals surface area contributed by atoms with Gasteiger partial charge >= 0.3 is 0 Å². The zero-order valence-electron chi connectivity index (χ0n) is 9.68. The van der Waals surface area contributed by atoms with Crippen LogP contribution in [-0.4, -0.2) is 5.71 Å². The Morgan fingerprint density at radius 1 is 1.06 bits per heavy atom. The lowest BCUT2D eigenvalue weighted by Crippen LogP contribution is -1.91. The zero-order valence-corrected chi connectivity index (χ0v) is 10.5. The number of allylic oxidation sites excluding steroid dienone is 1. The van der Waals surface area contributed by atoms with Crippen LogP contribution >= 0.6 is 11.3 Å². The maximum absolute atomic E-state index is 4.73. The fraction of sp³-hybridized carbons (Fsp3) is 0.133. The van der Waals surface area contributed by atoms with E-state index in [0.29, 0.717) is 0 Å². The van der Waals surface area contributed by atoms with E-state index in [1.807, 2.05) is 17.4 Å². The molecule has 1 aromatic heterocycles. The summed E-state index contributed by atoms with van der Waals surface area (Å²) in [6.45, 7) is 2.13. The van der Waals surface area contributed by atoms with Gasteiger partial charge < -0.3 is 0 Å². The highest BCUT2D eigenvalue weighted by Crippen LogP contribution is 2.27. The molecule has 0 atom stereocenters. The first-order chi connectivity index (χ1) is 8.33. The molecule has 0 unspecified atom stereocenters. The lowest BCUT2D eigenvalue weighted by molar-refractivity contribution is 1.53. The first-order valence-electron chi connectivity index (χ1n) is 5.73. The van der Waals surface area contributed by atoms with Crippen LogP contribution in [0.4, 0.5) is 0 Å². The number of hydrogen-bond acceptors (Lipinski definition) is 2. The first kappa shape index (κ1) is 10.5. The third-order valence-corrected chi connectivity index (χ3v) is 3.89. The van der Waals surface area contributed by atoms with Crippen LogP contribution in [0.1, 0.15) is 21.7 Å². The Hall–Kier alpha value is -1.67. The quantitative estimate of drug-likeness (QED) is 0.741. The number of hydrogen-bond donors (Lipinski definition) is 0. The number of rotatable bonds is 2. The summed E-state index contributed by atoms with van der Waals surface area (Å²) in [6, 6.07) is 14.7. The zero-order chi connectivity index (χ0) is 11.7. The van der Waals surface area contributed by atoms with Gasteiger partial charge in [-0.2, -0.15) is 0 Å². The molecular weight excluding hydrogens is 226 g/mol. The van der Waals surface area contributed by atoms with Crippen molar-refractivity contribution in [1.29, 1.82) is 0 Å². The summed E-state index contributed by atoms with van der Waals surface area (Å²) in [7, 11) is 0. The molecule has 1 aliphatic heterocycles. The minimum Gasteiger partial charge on any atom is -0.251 e. The number of thiophene rings is 1. The average molecular weight is 239 g/mol. The Morgan fingerprint density at radius 2 is 1.88 bits per heavy atom. The summed E-state index contributed by atoms with van der Waals surface area (Å²) in [5.74, 6) is 0. The fourth-order valence-electron chi connectivity index (χ4n) is 1.97. The van der Waals surface area contributed by atoms with Gasteiger partial charge in [-0.25, -0.2) is 0 Å². The van der Waals surface area contributed by atoms with Crippen LogP contribution in [0.5, 0.6) is 0 Å². The SMILES string of the molecule is Cc1ccc(C2=NC(c3ccccc3)=CC2)s1. The highest BCUT2D eigenvalue weighted by molar-refractivity contribution is 7.14. The van der Waals surface area contributed by atoms with Gasteiger partial charge in [0.1, 0.15) is 0 Å². The predicted octanol–water partition coefficient (Wildman–Crippen LogP) is 4.29. The van der Waals surface area contributed by atoms with Crippen molar-refractivity contribution in [2.24, 2.45) is 4.99 Å². The molecule has 1 nitrogen and oxygen atoms in total. The van der Waals surface area contributed by atoms with Crippen LogP contribution < -0.4 is 0 Å². The normalized spacial score (nSPS) is 14.6. The molecule has 1 aromatic carbocycles. The maximum Gasteiger partial charge on any atom is 0.0670 e. The summed E-state index contributed by atoms with van der Waals surface area (Å²) in [5.41, 5.74) is 3.50. The maximum atomic E-state index is 4.73. The highest BCUT2D eigenvalue weighted by atomic mass is 32.1. The van der Waals surface area contributed by atoms with Crippen molar-refractivity contribution in [3.63, 3.8) is 0 Å². The van der Waals surface area contributed by atoms with Gasteiger partial charge in [-0.15, -0.1) is 11.3 Å². The molecule has 2 heteroatoms. The Balaban J connectivity index is 1.90. The molecule has 0 spiro atoms. The predicted molar refractivity (Wildman–Crippen MR) is 74.6 cm³/mol. The van der Waals surface area contributed by atoms with Crippen molar-refractivity contribution in [2.45, 2.75) is 13.3 Å². The monoisotopic (exact) mass is 239 g/mol. The van der Waals surface area contributed by atoms with E-state index < -0.39 is 0 Å². The summed E-state index contributed by atoms with van der Waals surface area (Å²) >= 11 is 1.82. The van der Waals surface area contributed by atoms with Crippen LogP contribution in [0.3, 0.4) is 0 Å². The molecule has 2 heterocycles. The second-order valence-corrected chi connectivity index (χ2v) is 5.42. The summed E-state index contributed by atoms with van der Waals surface area (Å²) in [5, 5.41) is 0. The molecule has 0 aliphatic carbocycles. The third kappa shape index (κ3) is 2.08. The Labute approximate surface area is 105 Å². The number of aryl methyl sites for hydroxylation is 1. The van der Waals surface area contributed by atoms with Gasteiger partial charge in [0, 0.05) is 16.2 Å². The Bertz CT molecular complexity index is 590. The van der Waals surface area contributed by atoms with Crippen molar-refractivity contribution in [3.05, 3.63) is 63.9 Å². The van der Waals surface area contributed by atoms with Gasteiger partial charge in [-0.3, -0.25) is 4.99 Å². The molecule has 2 aromatic rings. The average Bonchev–Trinajstić information content (AvgIpc) is 2.98. The van der Waals surface area contributed by atoms with Gasteiger partial charge in [0.15, 0.2) is 0 Å². The summed E-state index contributed by atoms with van der Waals surface area (Å²) < 4.78 is 0. The van der Waals surface area contributed by atoms with E-state index in [1.165, 1.54) is 21.0 Å². The molecule has 0 saturated heterocycles. The molecule has 0 bridgehead atoms. The molecule has 0 radical (unpaired) electrons. The van der Waals surface area contributed by atoms with Gasteiger partial charge in [0.2, 0.25) is 0 Å². The standard InChI is InChI=1S/C15H13NS/c1-11-7-10-15(17-11)14-9-8-13(16-14)12-5-3-2-4-6-12/h2-8,10H,9H2,1H3. The van der Waals surface area contributed by atoms with Crippen LogP contribution in [0.25, 0.3) is 5.70 Å². The van der Waals surface area contributed by atoms with Gasteiger partial charge in [0.05, 0.1) is 11.4 Å². The van der Waals surface area contributed by atoms with Gasteiger partial charge in [-0.1, -0.05) is 36.4 Å². The Kier molecular flexibility index (Phi) is 2.65. The van der Waals surface area contributed by atoms with E-state index in [9.17, 15) is 0 Å². The topological polar surface area (TPSA) is 12.4 Å². The minimum atomic E-state index is 0.949. The van der Waals surface area contributed by atoms with Crippen molar-refractivity contribution in [1.82, 2.24) is 0 Å². The van der Waals surface area contributed by atoms with E-state index >= 15 is 0 Å². The van der Waals surface area contributed by atoms with Crippen molar-refractivity contribution in [3.8, 4) is 0 Å². The second kappa shape index (κ2) is 4.30. The van der Waals surface area contributed by atoms with Gasteiger partial charge in [-0.05, 0) is 24.6 Å². The van der Waals surface area contributed by atoms with E-state index in [0.717, 1.165) is 12.1 Å². The molecule has 3 rings (SSSR count). The van der Waals surface area contributed by atoms with E-state index in [4.69, 9.17) is 4.99 Å². The minimum absolute atomic E-state index is 0.949. The number of aliphatic imine (C=N–C) groups is 1. The van der Waals surface area contributed by atoms with Crippen LogP contribution in [0, 0.1) is 6.92 Å². The van der Waals surface area contributed by atoms with Crippen LogP contribution in [0.15, 0.2) is 53.5 Å². The highest BCUT2D eigenvalue weighted by Gasteiger charge is 2.13. The van der Waals surface area contributed by atoms with Crippen molar-refractivity contribution in [2.75, 3.05) is 0 Å². The van der Waals surface area contributed by atoms with Gasteiger partial charge in [0.25, 0.3) is 0 Å². The number of benzene rings is 1. The molecule has 0 amide bonds. The molecule has 17 heavy (non-hydrogen) atoms. The van der Waals surface area contributed by atoms with Crippen molar-refractivity contribution < 1.29 is 0 Å². The second-order valence-electron chi connectivity index (χ2n) is 4.13. The number of nitrogens with zero attached hydrogens (tertiary/aromatic N) is 1. The van der Waals surface area contributed by atoms with Crippen molar-refractivity contribution >= 4 is 22.7 Å². The largest absolute Gasteiger partial charge is 0.251 e.